The van der Waals surface area contributed by atoms with E-state index in [0.29, 0.717) is 19.0 Å². The number of piperidine rings is 1. The Morgan fingerprint density at radius 1 is 1.48 bits per heavy atom. The Kier molecular flexibility index (Phi) is 4.75. The lowest BCUT2D eigenvalue weighted by Gasteiger charge is -2.34. The van der Waals surface area contributed by atoms with Crippen molar-refractivity contribution in [2.24, 2.45) is 0 Å². The molecule has 21 heavy (non-hydrogen) atoms. The Morgan fingerprint density at radius 3 is 2.90 bits per heavy atom. The van der Waals surface area contributed by atoms with E-state index in [1.807, 2.05) is 44.6 Å². The first kappa shape index (κ1) is 15.7. The lowest BCUT2D eigenvalue weighted by Crippen LogP contribution is -2.43. The van der Waals surface area contributed by atoms with Crippen LogP contribution in [0.15, 0.2) is 12.3 Å². The minimum Gasteiger partial charge on any atom is -0.477 e. The second-order valence-corrected chi connectivity index (χ2v) is 6.29. The molecule has 118 valence electrons. The molecule has 1 aromatic heterocycles. The van der Waals surface area contributed by atoms with Gasteiger partial charge >= 0.3 is 6.09 Å². The highest BCUT2D eigenvalue weighted by Crippen LogP contribution is 2.23. The van der Waals surface area contributed by atoms with E-state index >= 15 is 0 Å². The van der Waals surface area contributed by atoms with Crippen LogP contribution in [0.25, 0.3) is 0 Å². The maximum atomic E-state index is 12.1. The van der Waals surface area contributed by atoms with E-state index in [9.17, 15) is 4.79 Å². The first-order valence-electron chi connectivity index (χ1n) is 7.55. The number of carbonyl (C=O) groups excluding carboxylic acids is 1. The maximum Gasteiger partial charge on any atom is 0.410 e. The van der Waals surface area contributed by atoms with E-state index in [-0.39, 0.29) is 12.1 Å². The standard InChI is InChI=1S/C15H25N3O3/c1-5-20-13-8-10-18(16-13)12-7-6-9-17(11-12)14(19)21-15(2,3)4/h8,10,12H,5-7,9,11H2,1-4H3. The lowest BCUT2D eigenvalue weighted by molar-refractivity contribution is 0.0167. The second-order valence-electron chi connectivity index (χ2n) is 6.29. The van der Waals surface area contributed by atoms with E-state index in [2.05, 4.69) is 5.10 Å². The molecule has 1 saturated heterocycles. The molecule has 6 heteroatoms. The third-order valence-corrected chi connectivity index (χ3v) is 3.30. The molecule has 1 atom stereocenters. The van der Waals surface area contributed by atoms with Crippen LogP contribution in [0.1, 0.15) is 46.6 Å². The molecule has 0 saturated carbocycles. The monoisotopic (exact) mass is 295 g/mol. The van der Waals surface area contributed by atoms with E-state index < -0.39 is 5.60 Å². The smallest absolute Gasteiger partial charge is 0.410 e. The van der Waals surface area contributed by atoms with Gasteiger partial charge in [0.15, 0.2) is 0 Å². The number of rotatable bonds is 3. The molecular formula is C15H25N3O3. The van der Waals surface area contributed by atoms with Gasteiger partial charge in [-0.1, -0.05) is 0 Å². The molecular weight excluding hydrogens is 270 g/mol. The summed E-state index contributed by atoms with van der Waals surface area (Å²) in [6.45, 7) is 9.55. The molecule has 0 aliphatic carbocycles. The van der Waals surface area contributed by atoms with Gasteiger partial charge in [-0.25, -0.2) is 4.79 Å². The first-order valence-corrected chi connectivity index (χ1v) is 7.55. The Morgan fingerprint density at radius 2 is 2.24 bits per heavy atom. The van der Waals surface area contributed by atoms with Crippen molar-refractivity contribution < 1.29 is 14.3 Å². The topological polar surface area (TPSA) is 56.6 Å². The molecule has 0 bridgehead atoms. The van der Waals surface area contributed by atoms with E-state index in [0.717, 1.165) is 19.4 Å². The highest BCUT2D eigenvalue weighted by molar-refractivity contribution is 5.68. The Bertz CT molecular complexity index is 479. The average Bonchev–Trinajstić information content (AvgIpc) is 2.86. The fourth-order valence-electron chi connectivity index (χ4n) is 2.41. The molecule has 1 fully saturated rings. The quantitative estimate of drug-likeness (QED) is 0.860. The van der Waals surface area contributed by atoms with Gasteiger partial charge in [0.1, 0.15) is 5.60 Å². The zero-order chi connectivity index (χ0) is 15.5. The van der Waals surface area contributed by atoms with E-state index in [4.69, 9.17) is 9.47 Å². The molecule has 2 rings (SSSR count). The predicted octanol–water partition coefficient (Wildman–Crippen LogP) is 2.85. The van der Waals surface area contributed by atoms with Gasteiger partial charge < -0.3 is 14.4 Å². The molecule has 0 radical (unpaired) electrons. The minimum atomic E-state index is -0.460. The summed E-state index contributed by atoms with van der Waals surface area (Å²) in [5, 5.41) is 4.41. The van der Waals surface area contributed by atoms with Crippen molar-refractivity contribution in [1.29, 1.82) is 0 Å². The summed E-state index contributed by atoms with van der Waals surface area (Å²) < 4.78 is 12.7. The third-order valence-electron chi connectivity index (χ3n) is 3.30. The van der Waals surface area contributed by atoms with Crippen LogP contribution in [0.2, 0.25) is 0 Å². The van der Waals surface area contributed by atoms with Crippen LogP contribution in [-0.4, -0.2) is 46.1 Å². The Hall–Kier alpha value is -1.72. The zero-order valence-corrected chi connectivity index (χ0v) is 13.3. The van der Waals surface area contributed by atoms with Crippen molar-refractivity contribution in [3.05, 3.63) is 12.3 Å². The SMILES string of the molecule is CCOc1ccn(C2CCCN(C(=O)OC(C)(C)C)C2)n1. The van der Waals surface area contributed by atoms with Crippen molar-refractivity contribution in [2.45, 2.75) is 52.2 Å². The summed E-state index contributed by atoms with van der Waals surface area (Å²) >= 11 is 0. The predicted molar refractivity (Wildman–Crippen MR) is 79.5 cm³/mol. The molecule has 2 heterocycles. The normalized spacial score (nSPS) is 19.4. The number of hydrogen-bond donors (Lipinski definition) is 0. The van der Waals surface area contributed by atoms with Crippen LogP contribution < -0.4 is 4.74 Å². The molecule has 1 aliphatic heterocycles. The molecule has 1 unspecified atom stereocenters. The number of amides is 1. The van der Waals surface area contributed by atoms with Crippen LogP contribution >= 0.6 is 0 Å². The van der Waals surface area contributed by atoms with Gasteiger partial charge in [-0.05, 0) is 40.5 Å². The number of nitrogens with zero attached hydrogens (tertiary/aromatic N) is 3. The molecule has 0 N–H and O–H groups in total. The Balaban J connectivity index is 1.98. The van der Waals surface area contributed by atoms with Gasteiger partial charge in [0.25, 0.3) is 0 Å². The first-order chi connectivity index (χ1) is 9.89. The number of ether oxygens (including phenoxy) is 2. The van der Waals surface area contributed by atoms with Gasteiger partial charge in [-0.15, -0.1) is 5.10 Å². The zero-order valence-electron chi connectivity index (χ0n) is 13.3. The van der Waals surface area contributed by atoms with Crippen molar-refractivity contribution in [3.63, 3.8) is 0 Å². The minimum absolute atomic E-state index is 0.181. The maximum absolute atomic E-state index is 12.1. The van der Waals surface area contributed by atoms with Crippen molar-refractivity contribution in [3.8, 4) is 5.88 Å². The highest BCUT2D eigenvalue weighted by atomic mass is 16.6. The van der Waals surface area contributed by atoms with Crippen LogP contribution in [0.4, 0.5) is 4.79 Å². The van der Waals surface area contributed by atoms with Crippen LogP contribution in [0, 0.1) is 0 Å². The Labute approximate surface area is 126 Å². The van der Waals surface area contributed by atoms with Gasteiger partial charge in [-0.2, -0.15) is 0 Å². The van der Waals surface area contributed by atoms with Crippen molar-refractivity contribution >= 4 is 6.09 Å². The molecule has 1 aromatic rings. The number of aromatic nitrogens is 2. The summed E-state index contributed by atoms with van der Waals surface area (Å²) in [7, 11) is 0. The molecule has 1 amide bonds. The van der Waals surface area contributed by atoms with Crippen LogP contribution in [0.5, 0.6) is 5.88 Å². The number of likely N-dealkylation sites (tertiary alicyclic amines) is 1. The number of carbonyl (C=O) groups is 1. The number of hydrogen-bond acceptors (Lipinski definition) is 4. The van der Waals surface area contributed by atoms with Gasteiger partial charge in [0.2, 0.25) is 5.88 Å². The summed E-state index contributed by atoms with van der Waals surface area (Å²) in [6.07, 6.45) is 3.62. The van der Waals surface area contributed by atoms with Crippen molar-refractivity contribution in [2.75, 3.05) is 19.7 Å². The van der Waals surface area contributed by atoms with Gasteiger partial charge in [-0.3, -0.25) is 4.68 Å². The average molecular weight is 295 g/mol. The van der Waals surface area contributed by atoms with Crippen LogP contribution in [-0.2, 0) is 4.74 Å². The fourth-order valence-corrected chi connectivity index (χ4v) is 2.41. The molecule has 0 spiro atoms. The summed E-state index contributed by atoms with van der Waals surface area (Å²) in [5.41, 5.74) is -0.460. The van der Waals surface area contributed by atoms with Gasteiger partial charge in [0, 0.05) is 25.4 Å². The largest absolute Gasteiger partial charge is 0.477 e. The van der Waals surface area contributed by atoms with E-state index in [1.165, 1.54) is 0 Å². The summed E-state index contributed by atoms with van der Waals surface area (Å²) in [5.74, 6) is 0.631. The van der Waals surface area contributed by atoms with E-state index in [1.54, 1.807) is 4.90 Å². The fraction of sp³-hybridized carbons (Fsp3) is 0.733. The summed E-state index contributed by atoms with van der Waals surface area (Å²) in [4.78, 5) is 13.9. The van der Waals surface area contributed by atoms with Crippen LogP contribution in [0.3, 0.4) is 0 Å². The van der Waals surface area contributed by atoms with Crippen molar-refractivity contribution in [1.82, 2.24) is 14.7 Å². The lowest BCUT2D eigenvalue weighted by atomic mass is 10.1. The molecule has 1 aliphatic rings. The molecule has 0 aromatic carbocycles. The molecule has 6 nitrogen and oxygen atoms in total. The summed E-state index contributed by atoms with van der Waals surface area (Å²) in [6, 6.07) is 2.04. The highest BCUT2D eigenvalue weighted by Gasteiger charge is 2.28. The van der Waals surface area contributed by atoms with Gasteiger partial charge in [0.05, 0.1) is 12.6 Å². The second kappa shape index (κ2) is 6.37. The third kappa shape index (κ3) is 4.37.